The molecular formula is C16H18N2O3S2. The molecule has 0 atom stereocenters. The van der Waals surface area contributed by atoms with Crippen LogP contribution in [0.4, 0.5) is 11.4 Å². The van der Waals surface area contributed by atoms with Gasteiger partial charge in [0.2, 0.25) is 5.91 Å². The van der Waals surface area contributed by atoms with Crippen LogP contribution in [0.25, 0.3) is 0 Å². The monoisotopic (exact) mass is 350 g/mol. The van der Waals surface area contributed by atoms with Crippen molar-refractivity contribution in [2.24, 2.45) is 0 Å². The van der Waals surface area contributed by atoms with Gasteiger partial charge in [0.15, 0.2) is 0 Å². The number of para-hydroxylation sites is 1. The van der Waals surface area contributed by atoms with Gasteiger partial charge in [0, 0.05) is 24.6 Å². The molecule has 0 unspecified atom stereocenters. The maximum Gasteiger partial charge on any atom is 0.261 e. The average Bonchev–Trinajstić information content (AvgIpc) is 2.54. The van der Waals surface area contributed by atoms with Crippen molar-refractivity contribution in [3.63, 3.8) is 0 Å². The zero-order valence-corrected chi connectivity index (χ0v) is 14.7. The standard InChI is InChI=1S/C16H18N2O3S2/c1-12(19)18(2)13-8-10-14(11-9-13)23(20,21)17-15-6-4-5-7-16(15)22-3/h4-11,17H,1-3H3. The molecule has 0 aliphatic heterocycles. The van der Waals surface area contributed by atoms with E-state index in [1.165, 1.54) is 35.7 Å². The van der Waals surface area contributed by atoms with Crippen LogP contribution in [0, 0.1) is 0 Å². The van der Waals surface area contributed by atoms with Crippen molar-refractivity contribution in [1.82, 2.24) is 0 Å². The second-order valence-electron chi connectivity index (χ2n) is 4.88. The Bertz CT molecular complexity index is 802. The summed E-state index contributed by atoms with van der Waals surface area (Å²) in [5.74, 6) is -0.118. The summed E-state index contributed by atoms with van der Waals surface area (Å²) in [5.41, 5.74) is 1.19. The molecule has 2 aromatic carbocycles. The second-order valence-corrected chi connectivity index (χ2v) is 7.41. The summed E-state index contributed by atoms with van der Waals surface area (Å²) < 4.78 is 27.6. The van der Waals surface area contributed by atoms with Crippen LogP contribution in [0.5, 0.6) is 0 Å². The number of hydrogen-bond donors (Lipinski definition) is 1. The van der Waals surface area contributed by atoms with E-state index in [1.54, 1.807) is 31.3 Å². The number of hydrogen-bond acceptors (Lipinski definition) is 4. The Labute approximate surface area is 140 Å². The summed E-state index contributed by atoms with van der Waals surface area (Å²) in [6.45, 7) is 1.45. The summed E-state index contributed by atoms with van der Waals surface area (Å²) in [5, 5.41) is 0. The molecule has 0 spiro atoms. The van der Waals surface area contributed by atoms with E-state index in [-0.39, 0.29) is 10.8 Å². The van der Waals surface area contributed by atoms with Crippen LogP contribution in [-0.2, 0) is 14.8 Å². The fourth-order valence-corrected chi connectivity index (χ4v) is 3.66. The van der Waals surface area contributed by atoms with Gasteiger partial charge in [-0.25, -0.2) is 8.42 Å². The van der Waals surface area contributed by atoms with Crippen LogP contribution in [0.2, 0.25) is 0 Å². The van der Waals surface area contributed by atoms with Gasteiger partial charge in [-0.2, -0.15) is 0 Å². The van der Waals surface area contributed by atoms with Gasteiger partial charge in [-0.1, -0.05) is 12.1 Å². The molecule has 0 radical (unpaired) electrons. The highest BCUT2D eigenvalue weighted by Crippen LogP contribution is 2.27. The normalized spacial score (nSPS) is 11.1. The van der Waals surface area contributed by atoms with Crippen molar-refractivity contribution in [2.75, 3.05) is 22.9 Å². The number of nitrogens with one attached hydrogen (secondary N) is 1. The Kier molecular flexibility index (Phi) is 5.33. The number of anilines is 2. The summed E-state index contributed by atoms with van der Waals surface area (Å²) in [6.07, 6.45) is 1.89. The third-order valence-corrected chi connectivity index (χ3v) is 5.54. The number of carbonyl (C=O) groups is 1. The van der Waals surface area contributed by atoms with Crippen molar-refractivity contribution in [3.8, 4) is 0 Å². The minimum absolute atomic E-state index is 0.118. The van der Waals surface area contributed by atoms with Gasteiger partial charge >= 0.3 is 0 Å². The molecule has 0 bridgehead atoms. The quantitative estimate of drug-likeness (QED) is 0.841. The Hall–Kier alpha value is -1.99. The Morgan fingerprint density at radius 3 is 2.26 bits per heavy atom. The third-order valence-electron chi connectivity index (χ3n) is 3.36. The predicted octanol–water partition coefficient (Wildman–Crippen LogP) is 3.19. The molecule has 23 heavy (non-hydrogen) atoms. The van der Waals surface area contributed by atoms with Crippen molar-refractivity contribution < 1.29 is 13.2 Å². The van der Waals surface area contributed by atoms with E-state index in [9.17, 15) is 13.2 Å². The number of amides is 1. The van der Waals surface area contributed by atoms with Crippen molar-refractivity contribution >= 4 is 39.1 Å². The van der Waals surface area contributed by atoms with Gasteiger partial charge in [-0.3, -0.25) is 9.52 Å². The van der Waals surface area contributed by atoms with Gasteiger partial charge in [0.05, 0.1) is 10.6 Å². The van der Waals surface area contributed by atoms with Crippen molar-refractivity contribution in [2.45, 2.75) is 16.7 Å². The molecule has 0 saturated heterocycles. The molecule has 5 nitrogen and oxygen atoms in total. The lowest BCUT2D eigenvalue weighted by Crippen LogP contribution is -2.22. The predicted molar refractivity (Wildman–Crippen MR) is 94.6 cm³/mol. The molecule has 2 rings (SSSR count). The summed E-state index contributed by atoms with van der Waals surface area (Å²) >= 11 is 1.47. The number of rotatable bonds is 5. The van der Waals surface area contributed by atoms with E-state index in [0.29, 0.717) is 11.4 Å². The minimum atomic E-state index is -3.68. The lowest BCUT2D eigenvalue weighted by Gasteiger charge is -2.16. The average molecular weight is 350 g/mol. The molecule has 7 heteroatoms. The number of sulfonamides is 1. The highest BCUT2D eigenvalue weighted by Gasteiger charge is 2.16. The first-order chi connectivity index (χ1) is 10.8. The number of carbonyl (C=O) groups excluding carboxylic acids is 1. The van der Waals surface area contributed by atoms with Crippen LogP contribution < -0.4 is 9.62 Å². The maximum absolute atomic E-state index is 12.5. The summed E-state index contributed by atoms with van der Waals surface area (Å²) in [6, 6.07) is 13.4. The molecule has 0 heterocycles. The zero-order valence-electron chi connectivity index (χ0n) is 13.1. The van der Waals surface area contributed by atoms with Crippen molar-refractivity contribution in [3.05, 3.63) is 48.5 Å². The van der Waals surface area contributed by atoms with Crippen LogP contribution >= 0.6 is 11.8 Å². The van der Waals surface area contributed by atoms with Crippen molar-refractivity contribution in [1.29, 1.82) is 0 Å². The SMILES string of the molecule is CSc1ccccc1NS(=O)(=O)c1ccc(N(C)C(C)=O)cc1. The first-order valence-electron chi connectivity index (χ1n) is 6.85. The fraction of sp³-hybridized carbons (Fsp3) is 0.188. The van der Waals surface area contributed by atoms with Crippen LogP contribution in [0.1, 0.15) is 6.92 Å². The minimum Gasteiger partial charge on any atom is -0.316 e. The molecule has 0 aromatic heterocycles. The van der Waals surface area contributed by atoms with E-state index in [4.69, 9.17) is 0 Å². The van der Waals surface area contributed by atoms with Crippen LogP contribution in [0.3, 0.4) is 0 Å². The fourth-order valence-electron chi connectivity index (χ4n) is 1.96. The molecule has 2 aromatic rings. The Balaban J connectivity index is 2.28. The van der Waals surface area contributed by atoms with Gasteiger partial charge < -0.3 is 4.90 Å². The smallest absolute Gasteiger partial charge is 0.261 e. The lowest BCUT2D eigenvalue weighted by molar-refractivity contribution is -0.116. The van der Waals surface area contributed by atoms with E-state index in [1.807, 2.05) is 18.4 Å². The number of thioether (sulfide) groups is 1. The molecule has 0 aliphatic rings. The summed E-state index contributed by atoms with van der Waals surface area (Å²) in [7, 11) is -2.04. The maximum atomic E-state index is 12.5. The third kappa shape index (κ3) is 4.05. The molecular weight excluding hydrogens is 332 g/mol. The topological polar surface area (TPSA) is 66.5 Å². The molecule has 1 amide bonds. The van der Waals surface area contributed by atoms with Gasteiger partial charge in [-0.15, -0.1) is 11.8 Å². The molecule has 0 fully saturated rings. The molecule has 0 aliphatic carbocycles. The largest absolute Gasteiger partial charge is 0.316 e. The van der Waals surface area contributed by atoms with Gasteiger partial charge in [-0.05, 0) is 42.7 Å². The van der Waals surface area contributed by atoms with E-state index < -0.39 is 10.0 Å². The van der Waals surface area contributed by atoms with Crippen LogP contribution in [0.15, 0.2) is 58.3 Å². The molecule has 122 valence electrons. The first-order valence-corrected chi connectivity index (χ1v) is 9.56. The lowest BCUT2D eigenvalue weighted by atomic mass is 10.3. The van der Waals surface area contributed by atoms with Crippen LogP contribution in [-0.4, -0.2) is 27.6 Å². The number of benzene rings is 2. The van der Waals surface area contributed by atoms with E-state index >= 15 is 0 Å². The summed E-state index contributed by atoms with van der Waals surface area (Å²) in [4.78, 5) is 13.8. The molecule has 1 N–H and O–H groups in total. The van der Waals surface area contributed by atoms with Gasteiger partial charge in [0.1, 0.15) is 0 Å². The number of nitrogens with zero attached hydrogens (tertiary/aromatic N) is 1. The first kappa shape index (κ1) is 17.4. The molecule has 0 saturated carbocycles. The Morgan fingerprint density at radius 1 is 1.09 bits per heavy atom. The highest BCUT2D eigenvalue weighted by molar-refractivity contribution is 7.99. The van der Waals surface area contributed by atoms with E-state index in [0.717, 1.165) is 4.90 Å². The zero-order chi connectivity index (χ0) is 17.0. The second kappa shape index (κ2) is 7.06. The Morgan fingerprint density at radius 2 is 1.70 bits per heavy atom. The van der Waals surface area contributed by atoms with E-state index in [2.05, 4.69) is 4.72 Å². The van der Waals surface area contributed by atoms with Gasteiger partial charge in [0.25, 0.3) is 10.0 Å². The highest BCUT2D eigenvalue weighted by atomic mass is 32.2.